The van der Waals surface area contributed by atoms with Gasteiger partial charge in [-0.25, -0.2) is 0 Å². The third kappa shape index (κ3) is 2.87. The highest BCUT2D eigenvalue weighted by atomic mass is 35.5. The molecule has 1 aromatic rings. The lowest BCUT2D eigenvalue weighted by atomic mass is 10.1. The van der Waals surface area contributed by atoms with Crippen LogP contribution in [0.4, 0.5) is 5.69 Å². The molecule has 1 aliphatic heterocycles. The standard InChI is InChI=1S/C13H15ClN2O2S/c1-15-13(18)9-2-3-10(14)11(5-9)16-6-8(7-19)4-12(16)17/h2-3,5,8,19H,4,6-7H2,1H3,(H,15,18). The predicted octanol–water partition coefficient (Wildman–Crippen LogP) is 1.98. The number of benzene rings is 1. The van der Waals surface area contributed by atoms with Gasteiger partial charge < -0.3 is 10.2 Å². The number of rotatable bonds is 3. The maximum atomic E-state index is 12.0. The minimum absolute atomic E-state index is 0.0232. The smallest absolute Gasteiger partial charge is 0.251 e. The van der Waals surface area contributed by atoms with E-state index in [0.717, 1.165) is 0 Å². The maximum absolute atomic E-state index is 12.0. The van der Waals surface area contributed by atoms with Crippen LogP contribution in [0.2, 0.25) is 5.02 Å². The fraction of sp³-hybridized carbons (Fsp3) is 0.385. The number of carbonyl (C=O) groups is 2. The Morgan fingerprint density at radius 1 is 1.58 bits per heavy atom. The van der Waals surface area contributed by atoms with E-state index in [4.69, 9.17) is 11.6 Å². The van der Waals surface area contributed by atoms with Crippen molar-refractivity contribution in [1.29, 1.82) is 0 Å². The molecule has 0 aliphatic carbocycles. The van der Waals surface area contributed by atoms with Crippen LogP contribution in [0.3, 0.4) is 0 Å². The van der Waals surface area contributed by atoms with Crippen molar-refractivity contribution in [3.05, 3.63) is 28.8 Å². The van der Waals surface area contributed by atoms with Crippen molar-refractivity contribution in [2.75, 3.05) is 24.2 Å². The molecule has 102 valence electrons. The number of hydrogen-bond acceptors (Lipinski definition) is 3. The van der Waals surface area contributed by atoms with Gasteiger partial charge in [-0.15, -0.1) is 0 Å². The second-order valence-electron chi connectivity index (χ2n) is 4.50. The summed E-state index contributed by atoms with van der Waals surface area (Å²) in [5, 5.41) is 3.02. The van der Waals surface area contributed by atoms with Crippen LogP contribution in [0.5, 0.6) is 0 Å². The van der Waals surface area contributed by atoms with Gasteiger partial charge in [0.15, 0.2) is 0 Å². The average Bonchev–Trinajstić information content (AvgIpc) is 2.79. The van der Waals surface area contributed by atoms with E-state index in [2.05, 4.69) is 17.9 Å². The molecular formula is C13H15ClN2O2S. The highest BCUT2D eigenvalue weighted by Gasteiger charge is 2.31. The molecule has 1 N–H and O–H groups in total. The molecule has 0 saturated carbocycles. The van der Waals surface area contributed by atoms with Gasteiger partial charge in [0.1, 0.15) is 0 Å². The number of carbonyl (C=O) groups excluding carboxylic acids is 2. The molecule has 1 heterocycles. The Hall–Kier alpha value is -1.20. The fourth-order valence-electron chi connectivity index (χ4n) is 2.14. The molecule has 1 aliphatic rings. The van der Waals surface area contributed by atoms with Crippen molar-refractivity contribution in [1.82, 2.24) is 5.32 Å². The molecule has 1 unspecified atom stereocenters. The van der Waals surface area contributed by atoms with E-state index in [-0.39, 0.29) is 17.7 Å². The summed E-state index contributed by atoms with van der Waals surface area (Å²) < 4.78 is 0. The van der Waals surface area contributed by atoms with Crippen molar-refractivity contribution < 1.29 is 9.59 Å². The molecular weight excluding hydrogens is 284 g/mol. The van der Waals surface area contributed by atoms with Gasteiger partial charge in [-0.05, 0) is 29.9 Å². The predicted molar refractivity (Wildman–Crippen MR) is 79.2 cm³/mol. The van der Waals surface area contributed by atoms with Gasteiger partial charge in [-0.2, -0.15) is 12.6 Å². The van der Waals surface area contributed by atoms with Crippen LogP contribution in [0.1, 0.15) is 16.8 Å². The third-order valence-electron chi connectivity index (χ3n) is 3.19. The summed E-state index contributed by atoms with van der Waals surface area (Å²) in [4.78, 5) is 25.2. The Morgan fingerprint density at radius 2 is 2.32 bits per heavy atom. The Balaban J connectivity index is 2.34. The molecule has 1 aromatic carbocycles. The normalized spacial score (nSPS) is 18.8. The van der Waals surface area contributed by atoms with E-state index in [1.807, 2.05) is 0 Å². The molecule has 4 nitrogen and oxygen atoms in total. The van der Waals surface area contributed by atoms with Crippen molar-refractivity contribution >= 4 is 41.7 Å². The first kappa shape index (κ1) is 14.2. The summed E-state index contributed by atoms with van der Waals surface area (Å²) in [6, 6.07) is 4.93. The largest absolute Gasteiger partial charge is 0.355 e. The van der Waals surface area contributed by atoms with Gasteiger partial charge >= 0.3 is 0 Å². The number of halogens is 1. The van der Waals surface area contributed by atoms with Gasteiger partial charge in [0.2, 0.25) is 5.91 Å². The Morgan fingerprint density at radius 3 is 2.89 bits per heavy atom. The lowest BCUT2D eigenvalue weighted by Gasteiger charge is -2.18. The molecule has 1 atom stereocenters. The lowest BCUT2D eigenvalue weighted by Crippen LogP contribution is -2.26. The average molecular weight is 299 g/mol. The first-order valence-corrected chi connectivity index (χ1v) is 7.00. The van der Waals surface area contributed by atoms with Crippen LogP contribution in [0, 0.1) is 5.92 Å². The molecule has 6 heteroatoms. The van der Waals surface area contributed by atoms with Crippen molar-refractivity contribution in [2.24, 2.45) is 5.92 Å². The van der Waals surface area contributed by atoms with Crippen LogP contribution in [-0.4, -0.2) is 31.2 Å². The first-order chi connectivity index (χ1) is 9.06. The van der Waals surface area contributed by atoms with Crippen LogP contribution < -0.4 is 10.2 Å². The molecule has 0 spiro atoms. The minimum Gasteiger partial charge on any atom is -0.355 e. The van der Waals surface area contributed by atoms with Crippen LogP contribution in [0.15, 0.2) is 18.2 Å². The van der Waals surface area contributed by atoms with E-state index in [1.54, 1.807) is 30.1 Å². The van der Waals surface area contributed by atoms with Crippen molar-refractivity contribution in [3.8, 4) is 0 Å². The molecule has 1 fully saturated rings. The van der Waals surface area contributed by atoms with E-state index in [9.17, 15) is 9.59 Å². The molecule has 0 radical (unpaired) electrons. The van der Waals surface area contributed by atoms with Gasteiger partial charge in [-0.1, -0.05) is 11.6 Å². The third-order valence-corrected chi connectivity index (χ3v) is 4.03. The SMILES string of the molecule is CNC(=O)c1ccc(Cl)c(N2CC(CS)CC2=O)c1. The number of nitrogens with one attached hydrogen (secondary N) is 1. The Kier molecular flexibility index (Phi) is 4.37. The fourth-order valence-corrected chi connectivity index (χ4v) is 2.61. The molecule has 2 rings (SSSR count). The van der Waals surface area contributed by atoms with Gasteiger partial charge in [-0.3, -0.25) is 9.59 Å². The minimum atomic E-state index is -0.199. The van der Waals surface area contributed by atoms with Crippen molar-refractivity contribution in [2.45, 2.75) is 6.42 Å². The zero-order valence-corrected chi connectivity index (χ0v) is 12.2. The van der Waals surface area contributed by atoms with Gasteiger partial charge in [0.05, 0.1) is 10.7 Å². The summed E-state index contributed by atoms with van der Waals surface area (Å²) in [5.41, 5.74) is 1.08. The summed E-state index contributed by atoms with van der Waals surface area (Å²) in [5.74, 6) is 0.718. The van der Waals surface area contributed by atoms with Gasteiger partial charge in [0, 0.05) is 25.6 Å². The lowest BCUT2D eigenvalue weighted by molar-refractivity contribution is -0.117. The first-order valence-electron chi connectivity index (χ1n) is 5.99. The zero-order valence-electron chi connectivity index (χ0n) is 10.5. The maximum Gasteiger partial charge on any atom is 0.251 e. The van der Waals surface area contributed by atoms with E-state index in [1.165, 1.54) is 0 Å². The number of anilines is 1. The quantitative estimate of drug-likeness (QED) is 0.839. The summed E-state index contributed by atoms with van der Waals surface area (Å²) >= 11 is 10.4. The highest BCUT2D eigenvalue weighted by molar-refractivity contribution is 7.80. The monoisotopic (exact) mass is 298 g/mol. The molecule has 0 aromatic heterocycles. The van der Waals surface area contributed by atoms with E-state index < -0.39 is 0 Å². The number of nitrogens with zero attached hydrogens (tertiary/aromatic N) is 1. The van der Waals surface area contributed by atoms with Crippen LogP contribution in [0.25, 0.3) is 0 Å². The zero-order chi connectivity index (χ0) is 14.0. The molecule has 2 amide bonds. The van der Waals surface area contributed by atoms with E-state index in [0.29, 0.717) is 35.0 Å². The summed E-state index contributed by atoms with van der Waals surface area (Å²) in [7, 11) is 1.56. The Labute approximate surface area is 122 Å². The second-order valence-corrected chi connectivity index (χ2v) is 5.27. The number of hydrogen-bond donors (Lipinski definition) is 2. The Bertz CT molecular complexity index is 521. The topological polar surface area (TPSA) is 49.4 Å². The van der Waals surface area contributed by atoms with Crippen LogP contribution >= 0.6 is 24.2 Å². The molecule has 19 heavy (non-hydrogen) atoms. The van der Waals surface area contributed by atoms with E-state index >= 15 is 0 Å². The summed E-state index contributed by atoms with van der Waals surface area (Å²) in [6.07, 6.45) is 0.476. The second kappa shape index (κ2) is 5.84. The number of amides is 2. The summed E-state index contributed by atoms with van der Waals surface area (Å²) in [6.45, 7) is 0.596. The highest BCUT2D eigenvalue weighted by Crippen LogP contribution is 2.32. The van der Waals surface area contributed by atoms with Crippen LogP contribution in [-0.2, 0) is 4.79 Å². The molecule has 0 bridgehead atoms. The van der Waals surface area contributed by atoms with Crippen molar-refractivity contribution in [3.63, 3.8) is 0 Å². The number of thiol groups is 1. The molecule has 1 saturated heterocycles. The van der Waals surface area contributed by atoms with Gasteiger partial charge in [0.25, 0.3) is 5.91 Å².